The fourth-order valence-corrected chi connectivity index (χ4v) is 3.60. The van der Waals surface area contributed by atoms with E-state index in [0.29, 0.717) is 5.91 Å². The molecular weight excluding hydrogens is 254 g/mol. The molecule has 20 heavy (non-hydrogen) atoms. The second-order valence-electron chi connectivity index (χ2n) is 6.33. The van der Waals surface area contributed by atoms with Crippen LogP contribution in [-0.4, -0.2) is 74.2 Å². The van der Waals surface area contributed by atoms with E-state index in [4.69, 9.17) is 4.74 Å². The number of rotatable bonds is 3. The molecule has 1 N–H and O–H groups in total. The average molecular weight is 281 g/mol. The molecule has 0 aromatic carbocycles. The summed E-state index contributed by atoms with van der Waals surface area (Å²) >= 11 is 0. The molecule has 0 aromatic heterocycles. The first-order valence-electron chi connectivity index (χ1n) is 8.15. The molecule has 0 aliphatic carbocycles. The largest absolute Gasteiger partial charge is 0.379 e. The van der Waals surface area contributed by atoms with E-state index in [1.54, 1.807) is 0 Å². The highest BCUT2D eigenvalue weighted by molar-refractivity contribution is 5.82. The van der Waals surface area contributed by atoms with Crippen LogP contribution in [0.4, 0.5) is 0 Å². The Labute approximate surface area is 121 Å². The quantitative estimate of drug-likeness (QED) is 0.809. The smallest absolute Gasteiger partial charge is 0.239 e. The maximum Gasteiger partial charge on any atom is 0.239 e. The number of ether oxygens (including phenoxy) is 1. The lowest BCUT2D eigenvalue weighted by Crippen LogP contribution is -2.48. The van der Waals surface area contributed by atoms with Gasteiger partial charge in [-0.2, -0.15) is 0 Å². The Morgan fingerprint density at radius 3 is 2.50 bits per heavy atom. The first kappa shape index (κ1) is 14.3. The minimum absolute atomic E-state index is 0.103. The Kier molecular flexibility index (Phi) is 4.91. The monoisotopic (exact) mass is 281 g/mol. The number of amides is 1. The number of hydrogen-bond acceptors (Lipinski definition) is 4. The van der Waals surface area contributed by atoms with E-state index in [1.165, 1.54) is 6.54 Å². The first-order valence-corrected chi connectivity index (χ1v) is 8.15. The van der Waals surface area contributed by atoms with Gasteiger partial charge in [-0.15, -0.1) is 0 Å². The molecule has 1 atom stereocenters. The van der Waals surface area contributed by atoms with Crippen LogP contribution >= 0.6 is 0 Å². The van der Waals surface area contributed by atoms with Crippen molar-refractivity contribution in [3.63, 3.8) is 0 Å². The minimum Gasteiger partial charge on any atom is -0.379 e. The van der Waals surface area contributed by atoms with Crippen molar-refractivity contribution in [2.24, 2.45) is 5.92 Å². The fraction of sp³-hybridized carbons (Fsp3) is 0.933. The van der Waals surface area contributed by atoms with Gasteiger partial charge in [-0.25, -0.2) is 0 Å². The van der Waals surface area contributed by atoms with Crippen molar-refractivity contribution >= 4 is 5.91 Å². The van der Waals surface area contributed by atoms with Gasteiger partial charge in [-0.3, -0.25) is 9.69 Å². The standard InChI is InChI=1S/C15H27N3O2/c19-15(14-2-1-5-16-14)18-6-3-13(4-7-18)12-17-8-10-20-11-9-17/h13-14,16H,1-12H2/t14-/m1/s1. The molecule has 3 heterocycles. The van der Waals surface area contributed by atoms with Gasteiger partial charge in [0.25, 0.3) is 0 Å². The van der Waals surface area contributed by atoms with Gasteiger partial charge in [-0.1, -0.05) is 0 Å². The Morgan fingerprint density at radius 1 is 1.10 bits per heavy atom. The summed E-state index contributed by atoms with van der Waals surface area (Å²) in [5.74, 6) is 1.10. The predicted octanol–water partition coefficient (Wildman–Crippen LogP) is 0.309. The molecule has 0 aromatic rings. The van der Waals surface area contributed by atoms with Gasteiger partial charge in [0.05, 0.1) is 19.3 Å². The summed E-state index contributed by atoms with van der Waals surface area (Å²) < 4.78 is 5.39. The average Bonchev–Trinajstić information content (AvgIpc) is 3.03. The van der Waals surface area contributed by atoms with Crippen LogP contribution in [0, 0.1) is 5.92 Å². The number of carbonyl (C=O) groups excluding carboxylic acids is 1. The molecule has 3 rings (SSSR count). The number of hydrogen-bond donors (Lipinski definition) is 1. The van der Waals surface area contributed by atoms with Crippen molar-refractivity contribution in [2.75, 3.05) is 52.5 Å². The van der Waals surface area contributed by atoms with E-state index >= 15 is 0 Å². The van der Waals surface area contributed by atoms with Gasteiger partial charge in [0.1, 0.15) is 0 Å². The van der Waals surface area contributed by atoms with Crippen molar-refractivity contribution < 1.29 is 9.53 Å². The zero-order valence-electron chi connectivity index (χ0n) is 12.4. The van der Waals surface area contributed by atoms with Gasteiger partial charge < -0.3 is 15.0 Å². The summed E-state index contributed by atoms with van der Waals surface area (Å²) in [6, 6.07) is 0.103. The van der Waals surface area contributed by atoms with Gasteiger partial charge in [0.2, 0.25) is 5.91 Å². The summed E-state index contributed by atoms with van der Waals surface area (Å²) in [4.78, 5) is 16.9. The van der Waals surface area contributed by atoms with E-state index in [-0.39, 0.29) is 6.04 Å². The lowest BCUT2D eigenvalue weighted by Gasteiger charge is -2.36. The second kappa shape index (κ2) is 6.87. The zero-order valence-corrected chi connectivity index (χ0v) is 12.4. The SMILES string of the molecule is O=C([C@H]1CCCN1)N1CCC(CN2CCOCC2)CC1. The molecule has 3 aliphatic heterocycles. The maximum atomic E-state index is 12.3. The van der Waals surface area contributed by atoms with Crippen molar-refractivity contribution in [1.29, 1.82) is 0 Å². The molecule has 0 spiro atoms. The number of likely N-dealkylation sites (tertiary alicyclic amines) is 1. The van der Waals surface area contributed by atoms with Crippen LogP contribution in [-0.2, 0) is 9.53 Å². The van der Waals surface area contributed by atoms with Gasteiger partial charge in [0.15, 0.2) is 0 Å². The Morgan fingerprint density at radius 2 is 1.85 bits per heavy atom. The number of nitrogens with zero attached hydrogens (tertiary/aromatic N) is 2. The summed E-state index contributed by atoms with van der Waals surface area (Å²) in [5.41, 5.74) is 0. The highest BCUT2D eigenvalue weighted by Gasteiger charge is 2.30. The second-order valence-corrected chi connectivity index (χ2v) is 6.33. The van der Waals surface area contributed by atoms with Gasteiger partial charge in [-0.05, 0) is 38.1 Å². The molecule has 0 radical (unpaired) electrons. The normalized spacial score (nSPS) is 29.8. The third kappa shape index (κ3) is 3.51. The van der Waals surface area contributed by atoms with Gasteiger partial charge >= 0.3 is 0 Å². The number of morpholine rings is 1. The topological polar surface area (TPSA) is 44.8 Å². The summed E-state index contributed by atoms with van der Waals surface area (Å²) in [6.45, 7) is 8.00. The highest BCUT2D eigenvalue weighted by atomic mass is 16.5. The van der Waals surface area contributed by atoms with Crippen LogP contribution in [0.15, 0.2) is 0 Å². The molecule has 1 amide bonds. The van der Waals surface area contributed by atoms with Gasteiger partial charge in [0, 0.05) is 32.7 Å². The van der Waals surface area contributed by atoms with Crippen molar-refractivity contribution in [3.8, 4) is 0 Å². The molecule has 0 saturated carbocycles. The highest BCUT2D eigenvalue weighted by Crippen LogP contribution is 2.20. The van der Waals surface area contributed by atoms with Crippen LogP contribution in [0.5, 0.6) is 0 Å². The summed E-state index contributed by atoms with van der Waals surface area (Å²) in [6.07, 6.45) is 4.49. The van der Waals surface area contributed by atoms with Crippen molar-refractivity contribution in [2.45, 2.75) is 31.7 Å². The molecule has 3 fully saturated rings. The molecule has 0 unspecified atom stereocenters. The minimum atomic E-state index is 0.103. The molecule has 3 aliphatic rings. The zero-order chi connectivity index (χ0) is 13.8. The molecule has 5 nitrogen and oxygen atoms in total. The number of carbonyl (C=O) groups is 1. The predicted molar refractivity (Wildman–Crippen MR) is 77.6 cm³/mol. The maximum absolute atomic E-state index is 12.3. The Balaban J connectivity index is 1.40. The Bertz CT molecular complexity index is 317. The van der Waals surface area contributed by atoms with Crippen LogP contribution < -0.4 is 5.32 Å². The third-order valence-electron chi connectivity index (χ3n) is 4.90. The van der Waals surface area contributed by atoms with Crippen LogP contribution in [0.1, 0.15) is 25.7 Å². The molecule has 5 heteroatoms. The van der Waals surface area contributed by atoms with Crippen LogP contribution in [0.25, 0.3) is 0 Å². The molecular formula is C15H27N3O2. The number of piperidine rings is 1. The molecule has 114 valence electrons. The van der Waals surface area contributed by atoms with E-state index in [9.17, 15) is 4.79 Å². The lowest BCUT2D eigenvalue weighted by molar-refractivity contribution is -0.134. The first-order chi connectivity index (χ1) is 9.83. The van der Waals surface area contributed by atoms with Crippen LogP contribution in [0.3, 0.4) is 0 Å². The van der Waals surface area contributed by atoms with E-state index < -0.39 is 0 Å². The Hall–Kier alpha value is -0.650. The lowest BCUT2D eigenvalue weighted by atomic mass is 9.95. The van der Waals surface area contributed by atoms with E-state index in [0.717, 1.165) is 77.5 Å². The fourth-order valence-electron chi connectivity index (χ4n) is 3.60. The van der Waals surface area contributed by atoms with Crippen LogP contribution in [0.2, 0.25) is 0 Å². The summed E-state index contributed by atoms with van der Waals surface area (Å²) in [5, 5.41) is 3.32. The molecule has 0 bridgehead atoms. The molecule has 3 saturated heterocycles. The number of nitrogens with one attached hydrogen (secondary N) is 1. The van der Waals surface area contributed by atoms with E-state index in [2.05, 4.69) is 15.1 Å². The van der Waals surface area contributed by atoms with Crippen molar-refractivity contribution in [1.82, 2.24) is 15.1 Å². The van der Waals surface area contributed by atoms with E-state index in [1.807, 2.05) is 0 Å². The summed E-state index contributed by atoms with van der Waals surface area (Å²) in [7, 11) is 0. The van der Waals surface area contributed by atoms with Crippen molar-refractivity contribution in [3.05, 3.63) is 0 Å². The third-order valence-corrected chi connectivity index (χ3v) is 4.90.